The molecule has 4 fully saturated rings. The van der Waals surface area contributed by atoms with E-state index in [2.05, 4.69) is 26.9 Å². The highest BCUT2D eigenvalue weighted by Gasteiger charge is 2.47. The van der Waals surface area contributed by atoms with Crippen LogP contribution in [0.4, 0.5) is 4.79 Å². The molecule has 7 nitrogen and oxygen atoms in total. The third-order valence-corrected chi connectivity index (χ3v) is 7.35. The Hall–Kier alpha value is -0.890. The number of carbonyl (C=O) groups is 1. The van der Waals surface area contributed by atoms with Crippen molar-refractivity contribution in [3.63, 3.8) is 0 Å². The summed E-state index contributed by atoms with van der Waals surface area (Å²) in [6.07, 6.45) is 5.54. The number of amides is 1. The van der Waals surface area contributed by atoms with E-state index in [0.717, 1.165) is 84.7 Å². The van der Waals surface area contributed by atoms with Gasteiger partial charge in [-0.3, -0.25) is 4.90 Å². The highest BCUT2D eigenvalue weighted by atomic mass is 16.6. The molecule has 1 N–H and O–H groups in total. The van der Waals surface area contributed by atoms with Gasteiger partial charge in [-0.05, 0) is 38.9 Å². The molecule has 0 aromatic rings. The Labute approximate surface area is 170 Å². The fourth-order valence-electron chi connectivity index (χ4n) is 5.38. The Balaban J connectivity index is 1.18. The summed E-state index contributed by atoms with van der Waals surface area (Å²) in [5.74, 6) is 0. The molecule has 1 unspecified atom stereocenters. The van der Waals surface area contributed by atoms with Crippen molar-refractivity contribution in [1.29, 1.82) is 0 Å². The van der Waals surface area contributed by atoms with Gasteiger partial charge in [-0.2, -0.15) is 0 Å². The lowest BCUT2D eigenvalue weighted by Gasteiger charge is -2.42. The second kappa shape index (κ2) is 9.28. The van der Waals surface area contributed by atoms with Crippen LogP contribution in [0.25, 0.3) is 0 Å². The van der Waals surface area contributed by atoms with Gasteiger partial charge >= 0.3 is 6.09 Å². The molecule has 7 heteroatoms. The standard InChI is InChI=1S/C21H39N5O2/c1-2-23-13-15-24(16-14-23)9-4-10-26-18-21(28-20(26)27)6-11-25(12-7-21)19-5-3-8-22-17-19/h19,22H,2-18H2,1H3. The van der Waals surface area contributed by atoms with Crippen LogP contribution in [0.5, 0.6) is 0 Å². The maximum absolute atomic E-state index is 12.5. The number of nitrogens with one attached hydrogen (secondary N) is 1. The summed E-state index contributed by atoms with van der Waals surface area (Å²) in [4.78, 5) is 22.1. The molecule has 1 atom stereocenters. The Bertz CT molecular complexity index is 509. The Morgan fingerprint density at radius 3 is 2.50 bits per heavy atom. The lowest BCUT2D eigenvalue weighted by Crippen LogP contribution is -2.53. The smallest absolute Gasteiger partial charge is 0.410 e. The monoisotopic (exact) mass is 393 g/mol. The quantitative estimate of drug-likeness (QED) is 0.728. The number of hydrogen-bond acceptors (Lipinski definition) is 6. The van der Waals surface area contributed by atoms with Crippen LogP contribution in [-0.4, -0.2) is 116 Å². The van der Waals surface area contributed by atoms with Crippen molar-refractivity contribution in [3.05, 3.63) is 0 Å². The van der Waals surface area contributed by atoms with Gasteiger partial charge in [0.25, 0.3) is 0 Å². The van der Waals surface area contributed by atoms with Crippen molar-refractivity contribution in [2.24, 2.45) is 0 Å². The van der Waals surface area contributed by atoms with Crippen molar-refractivity contribution in [2.45, 2.75) is 50.7 Å². The number of hydrogen-bond donors (Lipinski definition) is 1. The van der Waals surface area contributed by atoms with Gasteiger partial charge in [0, 0.05) is 71.2 Å². The molecule has 1 spiro atoms. The summed E-state index contributed by atoms with van der Waals surface area (Å²) >= 11 is 0. The van der Waals surface area contributed by atoms with Gasteiger partial charge in [0.2, 0.25) is 0 Å². The molecule has 4 aliphatic rings. The van der Waals surface area contributed by atoms with Crippen LogP contribution >= 0.6 is 0 Å². The highest BCUT2D eigenvalue weighted by molar-refractivity contribution is 5.70. The van der Waals surface area contributed by atoms with Crippen LogP contribution < -0.4 is 5.32 Å². The largest absolute Gasteiger partial charge is 0.441 e. The minimum atomic E-state index is -0.220. The van der Waals surface area contributed by atoms with Crippen LogP contribution in [0.2, 0.25) is 0 Å². The van der Waals surface area contributed by atoms with Crippen molar-refractivity contribution >= 4 is 6.09 Å². The lowest BCUT2D eigenvalue weighted by atomic mass is 9.89. The zero-order valence-corrected chi connectivity index (χ0v) is 17.7. The molecule has 4 aliphatic heterocycles. The number of likely N-dealkylation sites (N-methyl/N-ethyl adjacent to an activating group) is 1. The molecular formula is C21H39N5O2. The van der Waals surface area contributed by atoms with Crippen LogP contribution in [0.15, 0.2) is 0 Å². The van der Waals surface area contributed by atoms with Gasteiger partial charge in [0.05, 0.1) is 6.54 Å². The fraction of sp³-hybridized carbons (Fsp3) is 0.952. The van der Waals surface area contributed by atoms with Crippen LogP contribution in [-0.2, 0) is 4.74 Å². The van der Waals surface area contributed by atoms with Gasteiger partial charge in [-0.25, -0.2) is 4.79 Å². The van der Waals surface area contributed by atoms with E-state index < -0.39 is 0 Å². The maximum atomic E-state index is 12.5. The third-order valence-electron chi connectivity index (χ3n) is 7.35. The molecule has 0 saturated carbocycles. The molecule has 4 rings (SSSR count). The zero-order valence-electron chi connectivity index (χ0n) is 17.7. The minimum Gasteiger partial charge on any atom is -0.441 e. The number of piperidine rings is 2. The first kappa shape index (κ1) is 20.4. The van der Waals surface area contributed by atoms with Gasteiger partial charge in [-0.1, -0.05) is 6.92 Å². The molecule has 0 radical (unpaired) electrons. The summed E-state index contributed by atoms with van der Waals surface area (Å²) in [5.41, 5.74) is -0.220. The average Bonchev–Trinajstić information content (AvgIpc) is 3.04. The molecule has 28 heavy (non-hydrogen) atoms. The Kier molecular flexibility index (Phi) is 6.76. The minimum absolute atomic E-state index is 0.0800. The molecule has 0 aromatic carbocycles. The summed E-state index contributed by atoms with van der Waals surface area (Å²) in [6, 6.07) is 0.674. The molecule has 0 aromatic heterocycles. The number of rotatable bonds is 6. The predicted molar refractivity (Wildman–Crippen MR) is 111 cm³/mol. The first-order chi connectivity index (χ1) is 13.7. The van der Waals surface area contributed by atoms with Crippen molar-refractivity contribution in [1.82, 2.24) is 24.9 Å². The number of carbonyl (C=O) groups excluding carboxylic acids is 1. The first-order valence-corrected chi connectivity index (χ1v) is 11.5. The maximum Gasteiger partial charge on any atom is 0.410 e. The first-order valence-electron chi connectivity index (χ1n) is 11.5. The van der Waals surface area contributed by atoms with E-state index >= 15 is 0 Å². The van der Waals surface area contributed by atoms with E-state index in [1.165, 1.54) is 25.9 Å². The molecule has 4 saturated heterocycles. The fourth-order valence-corrected chi connectivity index (χ4v) is 5.38. The van der Waals surface area contributed by atoms with Crippen LogP contribution in [0.3, 0.4) is 0 Å². The SMILES string of the molecule is CCN1CCN(CCCN2CC3(CCN(C4CCCNC4)CC3)OC2=O)CC1. The number of ether oxygens (including phenoxy) is 1. The van der Waals surface area contributed by atoms with Gasteiger partial charge < -0.3 is 24.8 Å². The molecule has 160 valence electrons. The van der Waals surface area contributed by atoms with Crippen molar-refractivity contribution in [2.75, 3.05) is 78.5 Å². The number of nitrogens with zero attached hydrogens (tertiary/aromatic N) is 4. The lowest BCUT2D eigenvalue weighted by molar-refractivity contribution is -0.0127. The average molecular weight is 394 g/mol. The van der Waals surface area contributed by atoms with Crippen molar-refractivity contribution < 1.29 is 9.53 Å². The third kappa shape index (κ3) is 4.81. The summed E-state index contributed by atoms with van der Waals surface area (Å²) in [7, 11) is 0. The van der Waals surface area contributed by atoms with E-state index in [9.17, 15) is 4.79 Å². The summed E-state index contributed by atoms with van der Waals surface area (Å²) in [5, 5.41) is 3.52. The summed E-state index contributed by atoms with van der Waals surface area (Å²) < 4.78 is 5.93. The molecule has 0 aliphatic carbocycles. The van der Waals surface area contributed by atoms with Gasteiger partial charge in [0.1, 0.15) is 5.60 Å². The van der Waals surface area contributed by atoms with Crippen LogP contribution in [0.1, 0.15) is 39.0 Å². The van der Waals surface area contributed by atoms with Gasteiger partial charge in [-0.15, -0.1) is 0 Å². The second-order valence-electron chi connectivity index (χ2n) is 9.14. The summed E-state index contributed by atoms with van der Waals surface area (Å²) in [6.45, 7) is 15.2. The topological polar surface area (TPSA) is 51.3 Å². The normalized spacial score (nSPS) is 30.1. The van der Waals surface area contributed by atoms with E-state index in [1.54, 1.807) is 0 Å². The van der Waals surface area contributed by atoms with Gasteiger partial charge in [0.15, 0.2) is 0 Å². The van der Waals surface area contributed by atoms with Crippen LogP contribution in [0, 0.1) is 0 Å². The Morgan fingerprint density at radius 1 is 1.07 bits per heavy atom. The van der Waals surface area contributed by atoms with E-state index in [-0.39, 0.29) is 11.7 Å². The second-order valence-corrected chi connectivity index (χ2v) is 9.14. The molecule has 1 amide bonds. The number of piperazine rings is 1. The molecule has 4 heterocycles. The zero-order chi connectivity index (χ0) is 19.4. The molecule has 0 bridgehead atoms. The van der Waals surface area contributed by atoms with Crippen molar-refractivity contribution in [3.8, 4) is 0 Å². The van der Waals surface area contributed by atoms with E-state index in [1.807, 2.05) is 4.90 Å². The predicted octanol–water partition coefficient (Wildman–Crippen LogP) is 1.05. The number of likely N-dealkylation sites (tertiary alicyclic amines) is 1. The highest BCUT2D eigenvalue weighted by Crippen LogP contribution is 2.34. The molecular weight excluding hydrogens is 354 g/mol. The Morgan fingerprint density at radius 2 is 1.82 bits per heavy atom. The van der Waals surface area contributed by atoms with E-state index in [4.69, 9.17) is 4.74 Å². The van der Waals surface area contributed by atoms with E-state index in [0.29, 0.717) is 6.04 Å².